The van der Waals surface area contributed by atoms with Gasteiger partial charge in [0.1, 0.15) is 0 Å². The number of rotatable bonds is 5. The second kappa shape index (κ2) is 7.79. The molecule has 2 aromatic rings. The quantitative estimate of drug-likeness (QED) is 0.587. The Labute approximate surface area is 142 Å². The van der Waals surface area contributed by atoms with Crippen LogP contribution in [0.4, 0.5) is 11.4 Å². The van der Waals surface area contributed by atoms with Gasteiger partial charge in [-0.25, -0.2) is 4.79 Å². The summed E-state index contributed by atoms with van der Waals surface area (Å²) in [6.07, 6.45) is 0. The predicted octanol–water partition coefficient (Wildman–Crippen LogP) is 3.13. The van der Waals surface area contributed by atoms with E-state index in [4.69, 9.17) is 0 Å². The molecule has 0 aromatic heterocycles. The van der Waals surface area contributed by atoms with Gasteiger partial charge >= 0.3 is 5.97 Å². The zero-order valence-electron chi connectivity index (χ0n) is 11.9. The van der Waals surface area contributed by atoms with E-state index in [1.165, 1.54) is 7.11 Å². The Balaban J connectivity index is 1.86. The second-order valence-corrected chi connectivity index (χ2v) is 5.72. The Morgan fingerprint density at radius 3 is 2.18 bits per heavy atom. The van der Waals surface area contributed by atoms with E-state index in [0.717, 1.165) is 9.26 Å². The summed E-state index contributed by atoms with van der Waals surface area (Å²) in [5.41, 5.74) is 1.95. The van der Waals surface area contributed by atoms with Gasteiger partial charge in [-0.1, -0.05) is 0 Å². The van der Waals surface area contributed by atoms with Crippen molar-refractivity contribution in [2.75, 3.05) is 24.3 Å². The van der Waals surface area contributed by atoms with E-state index in [2.05, 4.69) is 38.0 Å². The summed E-state index contributed by atoms with van der Waals surface area (Å²) in [7, 11) is 1.33. The van der Waals surface area contributed by atoms with Crippen molar-refractivity contribution in [3.8, 4) is 0 Å². The molecule has 0 heterocycles. The zero-order chi connectivity index (χ0) is 15.9. The minimum absolute atomic E-state index is 0.163. The monoisotopic (exact) mass is 410 g/mol. The Morgan fingerprint density at radius 1 is 1.00 bits per heavy atom. The molecule has 0 aliphatic carbocycles. The third kappa shape index (κ3) is 4.73. The molecule has 0 saturated carbocycles. The lowest BCUT2D eigenvalue weighted by Gasteiger charge is -2.08. The number of carbonyl (C=O) groups is 2. The third-order valence-corrected chi connectivity index (χ3v) is 3.61. The maximum absolute atomic E-state index is 11.9. The Kier molecular flexibility index (Phi) is 5.76. The SMILES string of the molecule is COC(=O)c1ccc(NC(=O)CNc2ccc(I)cc2)cc1. The number of ether oxygens (including phenoxy) is 1. The van der Waals surface area contributed by atoms with E-state index < -0.39 is 5.97 Å². The molecule has 5 nitrogen and oxygen atoms in total. The van der Waals surface area contributed by atoms with Crippen LogP contribution in [0, 0.1) is 3.57 Å². The minimum atomic E-state index is -0.404. The van der Waals surface area contributed by atoms with Crippen LogP contribution in [0.3, 0.4) is 0 Å². The molecule has 2 N–H and O–H groups in total. The highest BCUT2D eigenvalue weighted by Gasteiger charge is 2.06. The smallest absolute Gasteiger partial charge is 0.337 e. The molecule has 0 atom stereocenters. The van der Waals surface area contributed by atoms with Crippen LogP contribution in [0.1, 0.15) is 10.4 Å². The van der Waals surface area contributed by atoms with Gasteiger partial charge in [-0.2, -0.15) is 0 Å². The maximum Gasteiger partial charge on any atom is 0.337 e. The normalized spacial score (nSPS) is 9.91. The van der Waals surface area contributed by atoms with Gasteiger partial charge in [0, 0.05) is 14.9 Å². The Bertz CT molecular complexity index is 654. The number of halogens is 1. The van der Waals surface area contributed by atoms with Crippen molar-refractivity contribution in [1.29, 1.82) is 0 Å². The van der Waals surface area contributed by atoms with Gasteiger partial charge in [-0.3, -0.25) is 4.79 Å². The number of esters is 1. The van der Waals surface area contributed by atoms with Gasteiger partial charge in [0.2, 0.25) is 5.91 Å². The van der Waals surface area contributed by atoms with Crippen LogP contribution >= 0.6 is 22.6 Å². The Morgan fingerprint density at radius 2 is 1.59 bits per heavy atom. The molecule has 0 aliphatic heterocycles. The Hall–Kier alpha value is -2.09. The molecule has 0 bridgehead atoms. The average molecular weight is 410 g/mol. The van der Waals surface area contributed by atoms with E-state index >= 15 is 0 Å². The van der Waals surface area contributed by atoms with Gasteiger partial charge in [-0.05, 0) is 71.1 Å². The number of hydrogen-bond donors (Lipinski definition) is 2. The average Bonchev–Trinajstić information content (AvgIpc) is 2.54. The van der Waals surface area contributed by atoms with Crippen LogP contribution in [0.25, 0.3) is 0 Å². The standard InChI is InChI=1S/C16H15IN2O3/c1-22-16(21)11-2-6-14(7-3-11)19-15(20)10-18-13-8-4-12(17)5-9-13/h2-9,18H,10H2,1H3,(H,19,20). The fourth-order valence-corrected chi connectivity index (χ4v) is 2.12. The van der Waals surface area contributed by atoms with E-state index in [1.54, 1.807) is 24.3 Å². The summed E-state index contributed by atoms with van der Waals surface area (Å²) in [4.78, 5) is 23.2. The summed E-state index contributed by atoms with van der Waals surface area (Å²) in [6.45, 7) is 0.166. The van der Waals surface area contributed by atoms with Crippen LogP contribution in [-0.2, 0) is 9.53 Å². The molecule has 0 aliphatic rings. The van der Waals surface area contributed by atoms with E-state index in [-0.39, 0.29) is 12.5 Å². The number of benzene rings is 2. The summed E-state index contributed by atoms with van der Waals surface area (Å²) in [6, 6.07) is 14.3. The molecule has 0 radical (unpaired) electrons. The van der Waals surface area contributed by atoms with Gasteiger partial charge < -0.3 is 15.4 Å². The predicted molar refractivity (Wildman–Crippen MR) is 94.1 cm³/mol. The first kappa shape index (κ1) is 16.3. The van der Waals surface area contributed by atoms with Crippen LogP contribution in [0.5, 0.6) is 0 Å². The molecular formula is C16H15IN2O3. The fraction of sp³-hybridized carbons (Fsp3) is 0.125. The first-order chi connectivity index (χ1) is 10.6. The fourth-order valence-electron chi connectivity index (χ4n) is 1.76. The summed E-state index contributed by atoms with van der Waals surface area (Å²) in [5, 5.41) is 5.79. The molecule has 2 aromatic carbocycles. The minimum Gasteiger partial charge on any atom is -0.465 e. The molecule has 114 valence electrons. The summed E-state index contributed by atoms with van der Waals surface area (Å²) >= 11 is 2.22. The van der Waals surface area contributed by atoms with Crippen molar-refractivity contribution in [3.05, 3.63) is 57.7 Å². The molecule has 0 fully saturated rings. The number of amides is 1. The topological polar surface area (TPSA) is 67.4 Å². The maximum atomic E-state index is 11.9. The second-order valence-electron chi connectivity index (χ2n) is 4.48. The van der Waals surface area contributed by atoms with E-state index in [1.807, 2.05) is 24.3 Å². The third-order valence-electron chi connectivity index (χ3n) is 2.89. The van der Waals surface area contributed by atoms with Gasteiger partial charge in [0.15, 0.2) is 0 Å². The highest BCUT2D eigenvalue weighted by atomic mass is 127. The molecule has 1 amide bonds. The summed E-state index contributed by atoms with van der Waals surface area (Å²) < 4.78 is 5.75. The first-order valence-electron chi connectivity index (χ1n) is 6.56. The lowest BCUT2D eigenvalue weighted by atomic mass is 10.2. The van der Waals surface area contributed by atoms with Gasteiger partial charge in [-0.15, -0.1) is 0 Å². The number of methoxy groups -OCH3 is 1. The van der Waals surface area contributed by atoms with Crippen LogP contribution in [0.2, 0.25) is 0 Å². The van der Waals surface area contributed by atoms with Crippen LogP contribution in [-0.4, -0.2) is 25.5 Å². The highest BCUT2D eigenvalue weighted by molar-refractivity contribution is 14.1. The molecular weight excluding hydrogens is 395 g/mol. The highest BCUT2D eigenvalue weighted by Crippen LogP contribution is 2.12. The zero-order valence-corrected chi connectivity index (χ0v) is 14.1. The van der Waals surface area contributed by atoms with E-state index in [0.29, 0.717) is 11.3 Å². The van der Waals surface area contributed by atoms with E-state index in [9.17, 15) is 9.59 Å². The molecule has 0 saturated heterocycles. The number of anilines is 2. The van der Waals surface area contributed by atoms with Crippen molar-refractivity contribution in [1.82, 2.24) is 0 Å². The lowest BCUT2D eigenvalue weighted by Crippen LogP contribution is -2.21. The van der Waals surface area contributed by atoms with Gasteiger partial charge in [0.05, 0.1) is 19.2 Å². The van der Waals surface area contributed by atoms with Gasteiger partial charge in [0.25, 0.3) is 0 Å². The molecule has 6 heteroatoms. The van der Waals surface area contributed by atoms with Crippen molar-refractivity contribution in [2.24, 2.45) is 0 Å². The van der Waals surface area contributed by atoms with Crippen LogP contribution in [0.15, 0.2) is 48.5 Å². The molecule has 0 unspecified atom stereocenters. The number of nitrogens with one attached hydrogen (secondary N) is 2. The van der Waals surface area contributed by atoms with Crippen molar-refractivity contribution in [2.45, 2.75) is 0 Å². The van der Waals surface area contributed by atoms with Crippen molar-refractivity contribution >= 4 is 45.8 Å². The first-order valence-corrected chi connectivity index (χ1v) is 7.64. The van der Waals surface area contributed by atoms with Crippen molar-refractivity contribution in [3.63, 3.8) is 0 Å². The van der Waals surface area contributed by atoms with Crippen molar-refractivity contribution < 1.29 is 14.3 Å². The molecule has 2 rings (SSSR count). The van der Waals surface area contributed by atoms with Crippen LogP contribution < -0.4 is 10.6 Å². The lowest BCUT2D eigenvalue weighted by molar-refractivity contribution is -0.114. The molecule has 22 heavy (non-hydrogen) atoms. The largest absolute Gasteiger partial charge is 0.465 e. The molecule has 0 spiro atoms. The summed E-state index contributed by atoms with van der Waals surface area (Å²) in [5.74, 6) is -0.567. The number of carbonyl (C=O) groups excluding carboxylic acids is 2. The number of hydrogen-bond acceptors (Lipinski definition) is 4.